The molecule has 27 heavy (non-hydrogen) atoms. The third-order valence-corrected chi connectivity index (χ3v) is 6.21. The number of benzene rings is 2. The number of nitrogens with one attached hydrogen (secondary N) is 1. The number of ether oxygens (including phenoxy) is 1. The Morgan fingerprint density at radius 1 is 1.22 bits per heavy atom. The largest absolute Gasteiger partial charge is 0.371 e. The van der Waals surface area contributed by atoms with Crippen molar-refractivity contribution in [1.29, 1.82) is 0 Å². The fourth-order valence-electron chi connectivity index (χ4n) is 3.01. The van der Waals surface area contributed by atoms with Crippen LogP contribution in [0.5, 0.6) is 0 Å². The lowest BCUT2D eigenvalue weighted by Crippen LogP contribution is -2.39. The number of sulfonamides is 1. The molecule has 1 heterocycles. The van der Waals surface area contributed by atoms with Crippen molar-refractivity contribution in [2.24, 2.45) is 0 Å². The number of nitrogens with zero attached hydrogens (tertiary/aromatic N) is 1. The summed E-state index contributed by atoms with van der Waals surface area (Å²) in [5.41, 5.74) is 1.15. The maximum atomic E-state index is 13.2. The summed E-state index contributed by atoms with van der Waals surface area (Å²) >= 11 is 5.66. The highest BCUT2D eigenvalue weighted by atomic mass is 35.5. The summed E-state index contributed by atoms with van der Waals surface area (Å²) in [4.78, 5) is 2.23. The Balaban J connectivity index is 1.47. The Labute approximate surface area is 164 Å². The average Bonchev–Trinajstić information content (AvgIpc) is 2.68. The molecular formula is C19H22ClFN2O3S. The lowest BCUT2D eigenvalue weighted by atomic mass is 10.1. The Morgan fingerprint density at radius 2 is 2.00 bits per heavy atom. The van der Waals surface area contributed by atoms with E-state index in [0.717, 1.165) is 37.3 Å². The maximum absolute atomic E-state index is 13.2. The molecule has 3 rings (SSSR count). The molecule has 0 radical (unpaired) electrons. The standard InChI is InChI=1S/C19H22ClFN2O3S/c20-17-13-16(7-8-18(17)21)27(24,25)22-9-4-10-23-11-12-26-19(14-23)15-5-2-1-3-6-15/h1-3,5-8,13,19,22H,4,9-12,14H2. The zero-order valence-electron chi connectivity index (χ0n) is 14.8. The highest BCUT2D eigenvalue weighted by molar-refractivity contribution is 7.89. The normalized spacial score (nSPS) is 18.5. The number of halogens is 2. The summed E-state index contributed by atoms with van der Waals surface area (Å²) in [6.45, 7) is 3.32. The van der Waals surface area contributed by atoms with Crippen molar-refractivity contribution < 1.29 is 17.5 Å². The van der Waals surface area contributed by atoms with Crippen LogP contribution in [0.25, 0.3) is 0 Å². The molecular weight excluding hydrogens is 391 g/mol. The van der Waals surface area contributed by atoms with Crippen LogP contribution in [0.15, 0.2) is 53.4 Å². The topological polar surface area (TPSA) is 58.6 Å². The minimum absolute atomic E-state index is 0.0376. The number of rotatable bonds is 7. The van der Waals surface area contributed by atoms with Gasteiger partial charge < -0.3 is 4.74 Å². The molecule has 2 aromatic rings. The summed E-state index contributed by atoms with van der Waals surface area (Å²) in [6, 6.07) is 13.4. The summed E-state index contributed by atoms with van der Waals surface area (Å²) < 4.78 is 46.1. The molecule has 1 aliphatic rings. The molecule has 146 valence electrons. The third-order valence-electron chi connectivity index (χ3n) is 4.47. The van der Waals surface area contributed by atoms with Crippen molar-refractivity contribution in [2.75, 3.05) is 32.8 Å². The van der Waals surface area contributed by atoms with Crippen LogP contribution in [0.1, 0.15) is 18.1 Å². The van der Waals surface area contributed by atoms with E-state index in [0.29, 0.717) is 19.6 Å². The Morgan fingerprint density at radius 3 is 2.74 bits per heavy atom. The van der Waals surface area contributed by atoms with Crippen LogP contribution in [-0.2, 0) is 14.8 Å². The lowest BCUT2D eigenvalue weighted by molar-refractivity contribution is -0.0300. The Bertz CT molecular complexity index is 865. The molecule has 1 fully saturated rings. The van der Waals surface area contributed by atoms with Gasteiger partial charge in [-0.25, -0.2) is 17.5 Å². The van der Waals surface area contributed by atoms with Gasteiger partial charge in [0.1, 0.15) is 5.82 Å². The number of hydrogen-bond acceptors (Lipinski definition) is 4. The summed E-state index contributed by atoms with van der Waals surface area (Å²) in [5, 5.41) is -0.210. The second kappa shape index (κ2) is 9.12. The first-order chi connectivity index (χ1) is 13.0. The first-order valence-electron chi connectivity index (χ1n) is 8.79. The van der Waals surface area contributed by atoms with Gasteiger partial charge in [0, 0.05) is 19.6 Å². The van der Waals surface area contributed by atoms with Crippen LogP contribution in [0, 0.1) is 5.82 Å². The van der Waals surface area contributed by atoms with E-state index >= 15 is 0 Å². The predicted octanol–water partition coefficient (Wildman–Crippen LogP) is 3.22. The SMILES string of the molecule is O=S(=O)(NCCCN1CCOC(c2ccccc2)C1)c1ccc(F)c(Cl)c1. The van der Waals surface area contributed by atoms with Crippen molar-refractivity contribution in [3.63, 3.8) is 0 Å². The predicted molar refractivity (Wildman–Crippen MR) is 103 cm³/mol. The fraction of sp³-hybridized carbons (Fsp3) is 0.368. The van der Waals surface area contributed by atoms with E-state index in [1.807, 2.05) is 18.2 Å². The highest BCUT2D eigenvalue weighted by Gasteiger charge is 2.21. The first kappa shape index (κ1) is 20.2. The van der Waals surface area contributed by atoms with E-state index < -0.39 is 15.8 Å². The van der Waals surface area contributed by atoms with Gasteiger partial charge in [0.05, 0.1) is 22.6 Å². The smallest absolute Gasteiger partial charge is 0.240 e. The molecule has 0 aliphatic carbocycles. The second-order valence-electron chi connectivity index (χ2n) is 6.40. The molecule has 1 saturated heterocycles. The molecule has 8 heteroatoms. The average molecular weight is 413 g/mol. The monoisotopic (exact) mass is 412 g/mol. The molecule has 0 amide bonds. The molecule has 0 bridgehead atoms. The summed E-state index contributed by atoms with van der Waals surface area (Å²) in [5.74, 6) is -0.643. The minimum Gasteiger partial charge on any atom is -0.371 e. The fourth-order valence-corrected chi connectivity index (χ4v) is 4.36. The van der Waals surface area contributed by atoms with Crippen LogP contribution < -0.4 is 4.72 Å². The van der Waals surface area contributed by atoms with Gasteiger partial charge in [-0.15, -0.1) is 0 Å². The Kier molecular flexibility index (Phi) is 6.83. The van der Waals surface area contributed by atoms with Crippen LogP contribution in [0.4, 0.5) is 4.39 Å². The molecule has 1 N–H and O–H groups in total. The van der Waals surface area contributed by atoms with E-state index in [1.165, 1.54) is 6.07 Å². The zero-order valence-corrected chi connectivity index (χ0v) is 16.3. The van der Waals surface area contributed by atoms with Crippen molar-refractivity contribution in [3.8, 4) is 0 Å². The van der Waals surface area contributed by atoms with Gasteiger partial charge in [0.25, 0.3) is 0 Å². The van der Waals surface area contributed by atoms with Gasteiger partial charge in [-0.2, -0.15) is 0 Å². The second-order valence-corrected chi connectivity index (χ2v) is 8.57. The highest BCUT2D eigenvalue weighted by Crippen LogP contribution is 2.22. The molecule has 1 atom stereocenters. The summed E-state index contributed by atoms with van der Waals surface area (Å²) in [6.07, 6.45) is 0.702. The van der Waals surface area contributed by atoms with Crippen LogP contribution in [0.2, 0.25) is 5.02 Å². The van der Waals surface area contributed by atoms with Crippen LogP contribution in [-0.4, -0.2) is 46.1 Å². The molecule has 1 aliphatic heterocycles. The van der Waals surface area contributed by atoms with Crippen molar-refractivity contribution in [3.05, 3.63) is 64.9 Å². The van der Waals surface area contributed by atoms with Crippen LogP contribution >= 0.6 is 11.6 Å². The third kappa shape index (κ3) is 5.49. The molecule has 5 nitrogen and oxygen atoms in total. The summed E-state index contributed by atoms with van der Waals surface area (Å²) in [7, 11) is -3.70. The minimum atomic E-state index is -3.70. The van der Waals surface area contributed by atoms with Gasteiger partial charge in [-0.05, 0) is 36.7 Å². The lowest BCUT2D eigenvalue weighted by Gasteiger charge is -2.33. The molecule has 0 saturated carbocycles. The van der Waals surface area contributed by atoms with Crippen molar-refractivity contribution in [1.82, 2.24) is 9.62 Å². The number of morpholine rings is 1. The van der Waals surface area contributed by atoms with E-state index in [-0.39, 0.29) is 16.0 Å². The quantitative estimate of drug-likeness (QED) is 0.709. The van der Waals surface area contributed by atoms with E-state index in [9.17, 15) is 12.8 Å². The molecule has 0 spiro atoms. The van der Waals surface area contributed by atoms with E-state index in [1.54, 1.807) is 0 Å². The van der Waals surface area contributed by atoms with Gasteiger partial charge in [0.2, 0.25) is 10.0 Å². The van der Waals surface area contributed by atoms with Gasteiger partial charge in [-0.3, -0.25) is 4.90 Å². The number of hydrogen-bond donors (Lipinski definition) is 1. The van der Waals surface area contributed by atoms with Gasteiger partial charge >= 0.3 is 0 Å². The molecule has 1 unspecified atom stereocenters. The van der Waals surface area contributed by atoms with Crippen molar-refractivity contribution >= 4 is 21.6 Å². The van der Waals surface area contributed by atoms with Crippen LogP contribution in [0.3, 0.4) is 0 Å². The van der Waals surface area contributed by atoms with Crippen molar-refractivity contribution in [2.45, 2.75) is 17.4 Å². The van der Waals surface area contributed by atoms with Gasteiger partial charge in [0.15, 0.2) is 0 Å². The Hall–Kier alpha value is -1.51. The first-order valence-corrected chi connectivity index (χ1v) is 10.7. The van der Waals surface area contributed by atoms with E-state index in [4.69, 9.17) is 16.3 Å². The van der Waals surface area contributed by atoms with E-state index in [2.05, 4.69) is 21.8 Å². The maximum Gasteiger partial charge on any atom is 0.240 e. The zero-order chi connectivity index (χ0) is 19.3. The molecule has 2 aromatic carbocycles. The van der Waals surface area contributed by atoms with Gasteiger partial charge in [-0.1, -0.05) is 41.9 Å². The molecule has 0 aromatic heterocycles.